The first kappa shape index (κ1) is 18.4. The van der Waals surface area contributed by atoms with Crippen LogP contribution in [0.1, 0.15) is 44.4 Å². The van der Waals surface area contributed by atoms with Gasteiger partial charge in [0.2, 0.25) is 5.91 Å². The summed E-state index contributed by atoms with van der Waals surface area (Å²) in [6.45, 7) is 9.09. The Kier molecular flexibility index (Phi) is 4.53. The summed E-state index contributed by atoms with van der Waals surface area (Å²) in [5, 5.41) is 6.81. The molecule has 7 nitrogen and oxygen atoms in total. The van der Waals surface area contributed by atoms with E-state index < -0.39 is 0 Å². The molecule has 1 aliphatic heterocycles. The number of nitrogens with zero attached hydrogens (tertiary/aromatic N) is 4. The van der Waals surface area contributed by atoms with Crippen molar-refractivity contribution in [3.05, 3.63) is 47.9 Å². The number of anilines is 1. The van der Waals surface area contributed by atoms with E-state index in [1.165, 1.54) is 0 Å². The van der Waals surface area contributed by atoms with Gasteiger partial charge in [-0.1, -0.05) is 20.8 Å². The molecule has 3 aromatic rings. The highest BCUT2D eigenvalue weighted by atomic mass is 16.2. The number of H-pyrrole nitrogens is 2. The summed E-state index contributed by atoms with van der Waals surface area (Å²) >= 11 is 0. The lowest BCUT2D eigenvalue weighted by molar-refractivity contribution is -0.120. The van der Waals surface area contributed by atoms with Crippen molar-refractivity contribution in [1.82, 2.24) is 25.1 Å². The highest BCUT2D eigenvalue weighted by molar-refractivity contribution is 5.96. The third-order valence-electron chi connectivity index (χ3n) is 5.35. The van der Waals surface area contributed by atoms with E-state index in [0.717, 1.165) is 34.8 Å². The van der Waals surface area contributed by atoms with Gasteiger partial charge in [0.05, 0.1) is 6.20 Å². The zero-order valence-electron chi connectivity index (χ0n) is 16.8. The molecule has 1 aliphatic rings. The maximum absolute atomic E-state index is 13.0. The Hall–Kier alpha value is -2.96. The Balaban J connectivity index is 1.48. The minimum atomic E-state index is -0.0605. The number of aromatic nitrogens is 5. The van der Waals surface area contributed by atoms with Gasteiger partial charge in [-0.2, -0.15) is 5.10 Å². The maximum atomic E-state index is 13.0. The van der Waals surface area contributed by atoms with Crippen LogP contribution < -0.4 is 4.90 Å². The summed E-state index contributed by atoms with van der Waals surface area (Å²) < 4.78 is 0. The first-order valence-corrected chi connectivity index (χ1v) is 9.65. The number of pyridine rings is 1. The standard InChI is InChI=1S/C21H26N6O/c1-13-16(15-10-23-24-11-15)5-6-19(25-13)27-8-7-14(20(27)28)9-18-22-12-17(26-18)21(2,3)4/h5-6,10-12,14H,7-9H2,1-4H3,(H,22,26)(H,23,24). The van der Waals surface area contributed by atoms with Gasteiger partial charge in [0.15, 0.2) is 0 Å². The Bertz CT molecular complexity index is 983. The third-order valence-corrected chi connectivity index (χ3v) is 5.35. The average Bonchev–Trinajstić information content (AvgIpc) is 3.37. The number of carbonyl (C=O) groups excluding carboxylic acids is 1. The molecule has 3 aromatic heterocycles. The molecule has 4 heterocycles. The molecule has 1 saturated heterocycles. The summed E-state index contributed by atoms with van der Waals surface area (Å²) in [5.41, 5.74) is 4.02. The summed E-state index contributed by atoms with van der Waals surface area (Å²) in [6.07, 6.45) is 6.95. The average molecular weight is 378 g/mol. The number of aryl methyl sites for hydroxylation is 1. The van der Waals surface area contributed by atoms with Crippen LogP contribution in [0.3, 0.4) is 0 Å². The van der Waals surface area contributed by atoms with Gasteiger partial charge < -0.3 is 4.98 Å². The highest BCUT2D eigenvalue weighted by Crippen LogP contribution is 2.29. The molecule has 1 amide bonds. The van der Waals surface area contributed by atoms with Crippen LogP contribution in [0.5, 0.6) is 0 Å². The van der Waals surface area contributed by atoms with E-state index in [4.69, 9.17) is 0 Å². The van der Waals surface area contributed by atoms with Crippen LogP contribution in [-0.4, -0.2) is 37.6 Å². The second-order valence-corrected chi connectivity index (χ2v) is 8.46. The number of carbonyl (C=O) groups is 1. The first-order chi connectivity index (χ1) is 13.3. The first-order valence-electron chi connectivity index (χ1n) is 9.65. The second kappa shape index (κ2) is 6.89. The van der Waals surface area contributed by atoms with E-state index in [2.05, 4.69) is 45.9 Å². The molecule has 1 fully saturated rings. The fourth-order valence-corrected chi connectivity index (χ4v) is 3.64. The van der Waals surface area contributed by atoms with Crippen molar-refractivity contribution >= 4 is 11.7 Å². The number of hydrogen-bond acceptors (Lipinski definition) is 4. The monoisotopic (exact) mass is 378 g/mol. The van der Waals surface area contributed by atoms with Crippen molar-refractivity contribution in [3.63, 3.8) is 0 Å². The molecule has 0 bridgehead atoms. The fourth-order valence-electron chi connectivity index (χ4n) is 3.64. The van der Waals surface area contributed by atoms with Crippen LogP contribution in [0.4, 0.5) is 5.82 Å². The lowest BCUT2D eigenvalue weighted by Crippen LogP contribution is -2.28. The summed E-state index contributed by atoms with van der Waals surface area (Å²) in [4.78, 5) is 27.3. The normalized spacial score (nSPS) is 17.5. The lowest BCUT2D eigenvalue weighted by Gasteiger charge is -2.17. The number of nitrogens with one attached hydrogen (secondary N) is 2. The molecule has 0 aliphatic carbocycles. The summed E-state index contributed by atoms with van der Waals surface area (Å²) in [5.74, 6) is 1.66. The molecule has 146 valence electrons. The molecule has 7 heteroatoms. The predicted molar refractivity (Wildman–Crippen MR) is 108 cm³/mol. The fraction of sp³-hybridized carbons (Fsp3) is 0.429. The van der Waals surface area contributed by atoms with Crippen LogP contribution >= 0.6 is 0 Å². The number of rotatable bonds is 4. The van der Waals surface area contributed by atoms with Gasteiger partial charge in [-0.25, -0.2) is 9.97 Å². The zero-order chi connectivity index (χ0) is 19.9. The minimum Gasteiger partial charge on any atom is -0.345 e. The highest BCUT2D eigenvalue weighted by Gasteiger charge is 2.34. The molecule has 0 spiro atoms. The van der Waals surface area contributed by atoms with Crippen LogP contribution in [0.15, 0.2) is 30.7 Å². The lowest BCUT2D eigenvalue weighted by atomic mass is 9.93. The maximum Gasteiger partial charge on any atom is 0.231 e. The smallest absolute Gasteiger partial charge is 0.231 e. The third kappa shape index (κ3) is 3.44. The molecule has 4 rings (SSSR count). The molecule has 1 unspecified atom stereocenters. The molecular formula is C21H26N6O. The molecular weight excluding hydrogens is 352 g/mol. The molecule has 2 N–H and O–H groups in total. The van der Waals surface area contributed by atoms with E-state index in [1.54, 1.807) is 11.1 Å². The van der Waals surface area contributed by atoms with E-state index in [0.29, 0.717) is 18.8 Å². The van der Waals surface area contributed by atoms with Crippen molar-refractivity contribution in [3.8, 4) is 11.1 Å². The largest absolute Gasteiger partial charge is 0.345 e. The number of imidazole rings is 1. The van der Waals surface area contributed by atoms with Gasteiger partial charge in [-0.05, 0) is 25.5 Å². The van der Waals surface area contributed by atoms with Crippen LogP contribution in [0.25, 0.3) is 11.1 Å². The van der Waals surface area contributed by atoms with Gasteiger partial charge in [-0.3, -0.25) is 14.8 Å². The number of aromatic amines is 2. The summed E-state index contributed by atoms with van der Waals surface area (Å²) in [6, 6.07) is 3.92. The van der Waals surface area contributed by atoms with Crippen molar-refractivity contribution in [1.29, 1.82) is 0 Å². The number of amides is 1. The molecule has 0 radical (unpaired) electrons. The van der Waals surface area contributed by atoms with Gasteiger partial charge in [0.1, 0.15) is 11.6 Å². The minimum absolute atomic E-state index is 0.0230. The van der Waals surface area contributed by atoms with E-state index in [-0.39, 0.29) is 17.2 Å². The van der Waals surface area contributed by atoms with Crippen molar-refractivity contribution < 1.29 is 4.79 Å². The predicted octanol–water partition coefficient (Wildman–Crippen LogP) is 3.40. The van der Waals surface area contributed by atoms with E-state index >= 15 is 0 Å². The van der Waals surface area contributed by atoms with E-state index in [1.807, 2.05) is 31.5 Å². The Labute approximate surface area is 164 Å². The van der Waals surface area contributed by atoms with Crippen LogP contribution in [0, 0.1) is 12.8 Å². The van der Waals surface area contributed by atoms with Crippen molar-refractivity contribution in [2.45, 2.75) is 46.0 Å². The van der Waals surface area contributed by atoms with Gasteiger partial charge in [0, 0.05) is 59.2 Å². The van der Waals surface area contributed by atoms with Gasteiger partial charge >= 0.3 is 0 Å². The number of hydrogen-bond donors (Lipinski definition) is 2. The SMILES string of the molecule is Cc1nc(N2CCC(Cc3ncc(C(C)(C)C)[nH]3)C2=O)ccc1-c1cn[nH]c1. The van der Waals surface area contributed by atoms with Crippen LogP contribution in [-0.2, 0) is 16.6 Å². The quantitative estimate of drug-likeness (QED) is 0.728. The Morgan fingerprint density at radius 3 is 2.71 bits per heavy atom. The van der Waals surface area contributed by atoms with Gasteiger partial charge in [-0.15, -0.1) is 0 Å². The molecule has 0 aromatic carbocycles. The second-order valence-electron chi connectivity index (χ2n) is 8.46. The topological polar surface area (TPSA) is 90.6 Å². The molecule has 0 saturated carbocycles. The summed E-state index contributed by atoms with van der Waals surface area (Å²) in [7, 11) is 0. The van der Waals surface area contributed by atoms with Crippen LogP contribution in [0.2, 0.25) is 0 Å². The zero-order valence-corrected chi connectivity index (χ0v) is 16.8. The van der Waals surface area contributed by atoms with E-state index in [9.17, 15) is 4.79 Å². The Morgan fingerprint density at radius 2 is 2.07 bits per heavy atom. The molecule has 1 atom stereocenters. The van der Waals surface area contributed by atoms with Gasteiger partial charge in [0.25, 0.3) is 0 Å². The molecule has 28 heavy (non-hydrogen) atoms. The van der Waals surface area contributed by atoms with Crippen molar-refractivity contribution in [2.75, 3.05) is 11.4 Å². The van der Waals surface area contributed by atoms with Crippen molar-refractivity contribution in [2.24, 2.45) is 5.92 Å². The Morgan fingerprint density at radius 1 is 1.25 bits per heavy atom.